The highest BCUT2D eigenvalue weighted by Gasteiger charge is 2.22. The van der Waals surface area contributed by atoms with Crippen molar-refractivity contribution in [1.82, 2.24) is 5.32 Å². The van der Waals surface area contributed by atoms with Gasteiger partial charge in [-0.25, -0.2) is 4.39 Å². The molecule has 1 atom stereocenters. The lowest BCUT2D eigenvalue weighted by molar-refractivity contribution is 0.528. The monoisotopic (exact) mass is 227 g/mol. The Morgan fingerprint density at radius 3 is 2.47 bits per heavy atom. The molecule has 0 saturated carbocycles. The minimum Gasteiger partial charge on any atom is -0.306 e. The summed E-state index contributed by atoms with van der Waals surface area (Å²) in [5, 5.41) is 3.39. The summed E-state index contributed by atoms with van der Waals surface area (Å²) in [5.41, 5.74) is 3.25. The maximum Gasteiger partial charge on any atom is 0.128 e. The second-order valence-corrected chi connectivity index (χ2v) is 4.36. The van der Waals surface area contributed by atoms with Gasteiger partial charge in [-0.3, -0.25) is 0 Å². The van der Waals surface area contributed by atoms with Gasteiger partial charge >= 0.3 is 0 Å². The number of hydrogen-bond donors (Lipinski definition) is 1. The van der Waals surface area contributed by atoms with Gasteiger partial charge in [0.1, 0.15) is 5.82 Å². The molecule has 17 heavy (non-hydrogen) atoms. The largest absolute Gasteiger partial charge is 0.306 e. The van der Waals surface area contributed by atoms with Crippen molar-refractivity contribution in [3.8, 4) is 0 Å². The zero-order valence-corrected chi connectivity index (χ0v) is 9.49. The number of hydrogen-bond acceptors (Lipinski definition) is 1. The molecule has 1 nitrogen and oxygen atoms in total. The van der Waals surface area contributed by atoms with Crippen molar-refractivity contribution in [2.24, 2.45) is 0 Å². The number of halogens is 1. The van der Waals surface area contributed by atoms with E-state index >= 15 is 0 Å². The normalized spacial score (nSPS) is 18.8. The van der Waals surface area contributed by atoms with E-state index in [9.17, 15) is 4.39 Å². The summed E-state index contributed by atoms with van der Waals surface area (Å²) >= 11 is 0. The molecule has 0 aromatic heterocycles. The van der Waals surface area contributed by atoms with Crippen molar-refractivity contribution in [3.05, 3.63) is 71.0 Å². The lowest BCUT2D eigenvalue weighted by Gasteiger charge is -2.27. The third-order valence-electron chi connectivity index (χ3n) is 3.33. The van der Waals surface area contributed by atoms with Crippen LogP contribution >= 0.6 is 0 Å². The van der Waals surface area contributed by atoms with E-state index in [0.29, 0.717) is 0 Å². The molecular formula is C15H14FN. The van der Waals surface area contributed by atoms with Crippen molar-refractivity contribution in [2.45, 2.75) is 12.5 Å². The molecule has 0 radical (unpaired) electrons. The van der Waals surface area contributed by atoms with Crippen LogP contribution in [-0.4, -0.2) is 6.54 Å². The van der Waals surface area contributed by atoms with Gasteiger partial charge in [-0.15, -0.1) is 0 Å². The fourth-order valence-corrected chi connectivity index (χ4v) is 2.49. The van der Waals surface area contributed by atoms with Gasteiger partial charge in [0.25, 0.3) is 0 Å². The highest BCUT2D eigenvalue weighted by Crippen LogP contribution is 2.29. The lowest BCUT2D eigenvalue weighted by atomic mass is 9.90. The summed E-state index contributed by atoms with van der Waals surface area (Å²) in [6.45, 7) is 0.899. The first kappa shape index (κ1) is 10.5. The molecule has 1 unspecified atom stereocenters. The number of rotatable bonds is 1. The first-order chi connectivity index (χ1) is 8.36. The van der Waals surface area contributed by atoms with Crippen LogP contribution in [0.5, 0.6) is 0 Å². The van der Waals surface area contributed by atoms with Gasteiger partial charge in [-0.05, 0) is 23.6 Å². The van der Waals surface area contributed by atoms with E-state index in [0.717, 1.165) is 18.5 Å². The Kier molecular flexibility index (Phi) is 2.65. The maximum atomic E-state index is 13.8. The van der Waals surface area contributed by atoms with Crippen molar-refractivity contribution in [1.29, 1.82) is 0 Å². The van der Waals surface area contributed by atoms with E-state index in [-0.39, 0.29) is 11.9 Å². The lowest BCUT2D eigenvalue weighted by Crippen LogP contribution is -2.31. The Morgan fingerprint density at radius 2 is 1.65 bits per heavy atom. The molecule has 3 rings (SSSR count). The van der Waals surface area contributed by atoms with Crippen molar-refractivity contribution >= 4 is 0 Å². The van der Waals surface area contributed by atoms with Gasteiger partial charge in [0.05, 0.1) is 6.04 Å². The zero-order valence-electron chi connectivity index (χ0n) is 9.49. The third kappa shape index (κ3) is 1.85. The number of nitrogens with one attached hydrogen (secondary N) is 1. The molecule has 86 valence electrons. The predicted molar refractivity (Wildman–Crippen MR) is 66.4 cm³/mol. The van der Waals surface area contributed by atoms with Gasteiger partial charge in [0.15, 0.2) is 0 Å². The Hall–Kier alpha value is -1.67. The molecule has 0 saturated heterocycles. The Bertz CT molecular complexity index is 536. The molecule has 0 fully saturated rings. The highest BCUT2D eigenvalue weighted by molar-refractivity contribution is 5.39. The van der Waals surface area contributed by atoms with E-state index in [1.54, 1.807) is 6.07 Å². The molecule has 2 aromatic carbocycles. The Morgan fingerprint density at radius 1 is 0.941 bits per heavy atom. The summed E-state index contributed by atoms with van der Waals surface area (Å²) in [6.07, 6.45) is 1.02. The fourth-order valence-electron chi connectivity index (χ4n) is 2.49. The maximum absolute atomic E-state index is 13.8. The summed E-state index contributed by atoms with van der Waals surface area (Å²) < 4.78 is 13.8. The van der Waals surface area contributed by atoms with Crippen LogP contribution in [0.4, 0.5) is 4.39 Å². The average Bonchev–Trinajstić information content (AvgIpc) is 2.39. The number of benzene rings is 2. The molecular weight excluding hydrogens is 213 g/mol. The molecule has 2 aromatic rings. The number of fused-ring (bicyclic) bond motifs is 1. The van der Waals surface area contributed by atoms with E-state index in [1.165, 1.54) is 17.2 Å². The first-order valence-corrected chi connectivity index (χ1v) is 5.92. The zero-order chi connectivity index (χ0) is 11.7. The summed E-state index contributed by atoms with van der Waals surface area (Å²) in [7, 11) is 0. The topological polar surface area (TPSA) is 12.0 Å². The molecule has 1 aliphatic rings. The van der Waals surface area contributed by atoms with Crippen LogP contribution in [0.2, 0.25) is 0 Å². The van der Waals surface area contributed by atoms with Crippen LogP contribution in [-0.2, 0) is 6.42 Å². The van der Waals surface area contributed by atoms with Crippen molar-refractivity contribution in [2.75, 3.05) is 6.54 Å². The quantitative estimate of drug-likeness (QED) is 0.789. The fraction of sp³-hybridized carbons (Fsp3) is 0.200. The molecule has 0 spiro atoms. The molecule has 0 amide bonds. The van der Waals surface area contributed by atoms with E-state index in [1.807, 2.05) is 24.3 Å². The smallest absolute Gasteiger partial charge is 0.128 e. The highest BCUT2D eigenvalue weighted by atomic mass is 19.1. The van der Waals surface area contributed by atoms with Crippen LogP contribution in [0.3, 0.4) is 0 Å². The summed E-state index contributed by atoms with van der Waals surface area (Å²) in [5.74, 6) is -0.137. The van der Waals surface area contributed by atoms with Crippen LogP contribution in [0.15, 0.2) is 48.5 Å². The summed E-state index contributed by atoms with van der Waals surface area (Å²) in [6, 6.07) is 15.3. The minimum atomic E-state index is -0.137. The molecule has 2 heteroatoms. The van der Waals surface area contributed by atoms with Gasteiger partial charge in [-0.1, -0.05) is 42.5 Å². The first-order valence-electron chi connectivity index (χ1n) is 5.92. The van der Waals surface area contributed by atoms with Crippen molar-refractivity contribution in [3.63, 3.8) is 0 Å². The van der Waals surface area contributed by atoms with E-state index in [2.05, 4.69) is 17.4 Å². The van der Waals surface area contributed by atoms with Crippen molar-refractivity contribution < 1.29 is 4.39 Å². The third-order valence-corrected chi connectivity index (χ3v) is 3.33. The molecule has 0 aliphatic carbocycles. The predicted octanol–water partition coefficient (Wildman–Crippen LogP) is 3.06. The summed E-state index contributed by atoms with van der Waals surface area (Å²) in [4.78, 5) is 0. The van der Waals surface area contributed by atoms with E-state index in [4.69, 9.17) is 0 Å². The van der Waals surface area contributed by atoms with Crippen LogP contribution in [0.25, 0.3) is 0 Å². The molecule has 1 N–H and O–H groups in total. The minimum absolute atomic E-state index is 0.0128. The van der Waals surface area contributed by atoms with E-state index < -0.39 is 0 Å². The molecule has 1 heterocycles. The SMILES string of the molecule is Fc1ccccc1C1NCCc2ccccc21. The average molecular weight is 227 g/mol. The Labute approximate surface area is 100 Å². The van der Waals surface area contributed by atoms with Crippen LogP contribution in [0, 0.1) is 5.82 Å². The van der Waals surface area contributed by atoms with Crippen LogP contribution in [0.1, 0.15) is 22.7 Å². The Balaban J connectivity index is 2.09. The van der Waals surface area contributed by atoms with Gasteiger partial charge in [0.2, 0.25) is 0 Å². The second-order valence-electron chi connectivity index (χ2n) is 4.36. The second kappa shape index (κ2) is 4.30. The van der Waals surface area contributed by atoms with Gasteiger partial charge in [-0.2, -0.15) is 0 Å². The van der Waals surface area contributed by atoms with Gasteiger partial charge < -0.3 is 5.32 Å². The standard InChI is InChI=1S/C15H14FN/c16-14-8-4-3-7-13(14)15-12-6-2-1-5-11(12)9-10-17-15/h1-8,15,17H,9-10H2. The molecule has 1 aliphatic heterocycles. The van der Waals surface area contributed by atoms with Gasteiger partial charge in [0, 0.05) is 12.1 Å². The molecule has 0 bridgehead atoms. The van der Waals surface area contributed by atoms with Crippen LogP contribution < -0.4 is 5.32 Å².